The highest BCUT2D eigenvalue weighted by Crippen LogP contribution is 2.38. The molecule has 4 heteroatoms. The predicted molar refractivity (Wildman–Crippen MR) is 77.6 cm³/mol. The van der Waals surface area contributed by atoms with Crippen molar-refractivity contribution in [3.05, 3.63) is 12.7 Å². The maximum atomic E-state index is 11.9. The van der Waals surface area contributed by atoms with Crippen LogP contribution in [0.25, 0.3) is 0 Å². The molecule has 1 N–H and O–H groups in total. The van der Waals surface area contributed by atoms with Gasteiger partial charge in [0.2, 0.25) is 0 Å². The van der Waals surface area contributed by atoms with Crippen LogP contribution in [0.15, 0.2) is 12.7 Å². The summed E-state index contributed by atoms with van der Waals surface area (Å²) in [7, 11) is 0. The third-order valence-corrected chi connectivity index (χ3v) is 3.73. The van der Waals surface area contributed by atoms with Crippen LogP contribution in [-0.4, -0.2) is 34.7 Å². The first-order valence-electron chi connectivity index (χ1n) is 7.06. The first-order chi connectivity index (χ1) is 8.70. The Kier molecular flexibility index (Phi) is 5.16. The van der Waals surface area contributed by atoms with Crippen molar-refractivity contribution in [3.63, 3.8) is 0 Å². The van der Waals surface area contributed by atoms with E-state index in [2.05, 4.69) is 39.6 Å². The van der Waals surface area contributed by atoms with Gasteiger partial charge in [-0.2, -0.15) is 5.06 Å². The number of amides is 1. The molecule has 4 nitrogen and oxygen atoms in total. The number of hydrogen-bond acceptors (Lipinski definition) is 3. The Morgan fingerprint density at radius 3 is 2.37 bits per heavy atom. The van der Waals surface area contributed by atoms with Crippen molar-refractivity contribution in [2.45, 2.75) is 71.1 Å². The number of hydroxylamine groups is 2. The highest BCUT2D eigenvalue weighted by Gasteiger charge is 2.43. The maximum absolute atomic E-state index is 11.9. The quantitative estimate of drug-likeness (QED) is 0.779. The van der Waals surface area contributed by atoms with Crippen molar-refractivity contribution in [3.8, 4) is 0 Å². The molecule has 1 aliphatic heterocycles. The third kappa shape index (κ3) is 4.05. The molecular weight excluding hydrogens is 240 g/mol. The summed E-state index contributed by atoms with van der Waals surface area (Å²) in [4.78, 5) is 17.9. The fourth-order valence-electron chi connectivity index (χ4n) is 2.78. The Bertz CT molecular complexity index is 321. The molecule has 1 unspecified atom stereocenters. The van der Waals surface area contributed by atoms with E-state index in [0.29, 0.717) is 6.54 Å². The molecule has 0 saturated carbocycles. The zero-order valence-electron chi connectivity index (χ0n) is 13.0. The van der Waals surface area contributed by atoms with Crippen molar-refractivity contribution in [1.82, 2.24) is 10.4 Å². The second-order valence-electron chi connectivity index (χ2n) is 6.55. The molecule has 1 saturated heterocycles. The van der Waals surface area contributed by atoms with Crippen molar-refractivity contribution >= 4 is 5.91 Å². The molecule has 0 aromatic rings. The van der Waals surface area contributed by atoms with Crippen LogP contribution in [0.2, 0.25) is 0 Å². The number of rotatable bonds is 5. The summed E-state index contributed by atoms with van der Waals surface area (Å²) in [6.07, 6.45) is 4.53. The van der Waals surface area contributed by atoms with Gasteiger partial charge in [-0.3, -0.25) is 9.63 Å². The van der Waals surface area contributed by atoms with Gasteiger partial charge in [-0.05, 0) is 53.9 Å². The van der Waals surface area contributed by atoms with Gasteiger partial charge >= 0.3 is 0 Å². The average Bonchev–Trinajstić information content (AvgIpc) is 2.30. The average molecular weight is 268 g/mol. The lowest BCUT2D eigenvalue weighted by Crippen LogP contribution is -2.60. The number of nitrogens with one attached hydrogen (secondary N) is 1. The summed E-state index contributed by atoms with van der Waals surface area (Å²) in [5, 5.41) is 4.78. The second-order valence-corrected chi connectivity index (χ2v) is 6.55. The van der Waals surface area contributed by atoms with E-state index in [0.717, 1.165) is 12.8 Å². The van der Waals surface area contributed by atoms with Crippen LogP contribution in [0.3, 0.4) is 0 Å². The lowest BCUT2D eigenvalue weighted by molar-refractivity contribution is -0.296. The molecule has 0 spiro atoms. The van der Waals surface area contributed by atoms with Crippen molar-refractivity contribution in [1.29, 1.82) is 0 Å². The Hall–Kier alpha value is -0.870. The third-order valence-electron chi connectivity index (χ3n) is 3.73. The molecular formula is C15H28N2O2. The van der Waals surface area contributed by atoms with Gasteiger partial charge in [-0.1, -0.05) is 6.08 Å². The monoisotopic (exact) mass is 268 g/mol. The van der Waals surface area contributed by atoms with Gasteiger partial charge in [0.1, 0.15) is 0 Å². The van der Waals surface area contributed by atoms with Gasteiger partial charge in [0.15, 0.2) is 6.10 Å². The minimum absolute atomic E-state index is 0.0469. The molecule has 19 heavy (non-hydrogen) atoms. The molecule has 1 fully saturated rings. The lowest BCUT2D eigenvalue weighted by Gasteiger charge is -2.51. The van der Waals surface area contributed by atoms with Crippen LogP contribution in [0, 0.1) is 0 Å². The summed E-state index contributed by atoms with van der Waals surface area (Å²) in [6, 6.07) is 0. The van der Waals surface area contributed by atoms with Gasteiger partial charge < -0.3 is 5.32 Å². The van der Waals surface area contributed by atoms with Gasteiger partial charge in [-0.15, -0.1) is 6.58 Å². The van der Waals surface area contributed by atoms with E-state index < -0.39 is 6.10 Å². The fourth-order valence-corrected chi connectivity index (χ4v) is 2.78. The number of hydrogen-bond donors (Lipinski definition) is 1. The van der Waals surface area contributed by atoms with Crippen molar-refractivity contribution in [2.24, 2.45) is 0 Å². The van der Waals surface area contributed by atoms with Crippen LogP contribution in [-0.2, 0) is 9.63 Å². The SMILES string of the molecule is C=CCNC(=O)C(C)ON1C(C)(C)CCCC1(C)C. The molecule has 0 aromatic heterocycles. The molecule has 0 aliphatic carbocycles. The summed E-state index contributed by atoms with van der Waals surface area (Å²) in [5.74, 6) is -0.0999. The van der Waals surface area contributed by atoms with Crippen LogP contribution >= 0.6 is 0 Å². The molecule has 0 bridgehead atoms. The van der Waals surface area contributed by atoms with E-state index >= 15 is 0 Å². The molecule has 1 heterocycles. The van der Waals surface area contributed by atoms with E-state index in [1.54, 1.807) is 13.0 Å². The molecule has 0 radical (unpaired) electrons. The Morgan fingerprint density at radius 2 is 1.89 bits per heavy atom. The van der Waals surface area contributed by atoms with Gasteiger partial charge in [0.25, 0.3) is 5.91 Å². The molecule has 1 amide bonds. The van der Waals surface area contributed by atoms with Crippen LogP contribution in [0.5, 0.6) is 0 Å². The van der Waals surface area contributed by atoms with Gasteiger partial charge in [0, 0.05) is 17.6 Å². The predicted octanol–water partition coefficient (Wildman–Crippen LogP) is 2.65. The number of nitrogens with zero attached hydrogens (tertiary/aromatic N) is 1. The number of carbonyl (C=O) groups excluding carboxylic acids is 1. The number of carbonyl (C=O) groups is 1. The van der Waals surface area contributed by atoms with E-state index in [1.807, 2.05) is 5.06 Å². The van der Waals surface area contributed by atoms with Crippen molar-refractivity contribution in [2.75, 3.05) is 6.54 Å². The van der Waals surface area contributed by atoms with Crippen LogP contribution in [0.1, 0.15) is 53.9 Å². The summed E-state index contributed by atoms with van der Waals surface area (Å²) in [6.45, 7) is 14.5. The molecule has 1 atom stereocenters. The number of piperidine rings is 1. The van der Waals surface area contributed by atoms with Crippen molar-refractivity contribution < 1.29 is 9.63 Å². The Morgan fingerprint density at radius 1 is 1.37 bits per heavy atom. The summed E-state index contributed by atoms with van der Waals surface area (Å²) < 4.78 is 0. The zero-order valence-corrected chi connectivity index (χ0v) is 13.0. The highest BCUT2D eigenvalue weighted by molar-refractivity contribution is 5.80. The van der Waals surface area contributed by atoms with Crippen LogP contribution < -0.4 is 5.32 Å². The van der Waals surface area contributed by atoms with E-state index in [-0.39, 0.29) is 17.0 Å². The largest absolute Gasteiger partial charge is 0.350 e. The van der Waals surface area contributed by atoms with Gasteiger partial charge in [0.05, 0.1) is 0 Å². The topological polar surface area (TPSA) is 41.6 Å². The van der Waals surface area contributed by atoms with Crippen LogP contribution in [0.4, 0.5) is 0 Å². The molecule has 0 aromatic carbocycles. The first kappa shape index (κ1) is 16.2. The molecule has 1 aliphatic rings. The zero-order chi connectivity index (χ0) is 14.7. The van der Waals surface area contributed by atoms with E-state index in [1.165, 1.54) is 6.42 Å². The Balaban J connectivity index is 2.71. The minimum Gasteiger partial charge on any atom is -0.350 e. The van der Waals surface area contributed by atoms with E-state index in [9.17, 15) is 4.79 Å². The summed E-state index contributed by atoms with van der Waals surface area (Å²) in [5.41, 5.74) is -0.0938. The standard InChI is InChI=1S/C15H28N2O2/c1-7-11-16-13(18)12(2)19-17-14(3,4)9-8-10-15(17,5)6/h7,12H,1,8-11H2,2-6H3,(H,16,18). The second kappa shape index (κ2) is 6.06. The minimum atomic E-state index is -0.489. The normalized spacial score (nSPS) is 23.6. The van der Waals surface area contributed by atoms with E-state index in [4.69, 9.17) is 4.84 Å². The molecule has 1 rings (SSSR count). The fraction of sp³-hybridized carbons (Fsp3) is 0.800. The Labute approximate surface area is 117 Å². The highest BCUT2D eigenvalue weighted by atomic mass is 16.7. The molecule has 110 valence electrons. The maximum Gasteiger partial charge on any atom is 0.251 e. The lowest BCUT2D eigenvalue weighted by atomic mass is 9.82. The smallest absolute Gasteiger partial charge is 0.251 e. The van der Waals surface area contributed by atoms with Gasteiger partial charge in [-0.25, -0.2) is 0 Å². The summed E-state index contributed by atoms with van der Waals surface area (Å²) >= 11 is 0. The first-order valence-corrected chi connectivity index (χ1v) is 7.06.